The van der Waals surface area contributed by atoms with Gasteiger partial charge in [-0.3, -0.25) is 9.59 Å². The lowest BCUT2D eigenvalue weighted by Gasteiger charge is -2.27. The van der Waals surface area contributed by atoms with Gasteiger partial charge >= 0.3 is 0 Å². The van der Waals surface area contributed by atoms with Gasteiger partial charge in [-0.05, 0) is 42.8 Å². The Hall–Kier alpha value is -3.48. The fourth-order valence-electron chi connectivity index (χ4n) is 3.64. The summed E-state index contributed by atoms with van der Waals surface area (Å²) in [5, 5.41) is 2.85. The second kappa shape index (κ2) is 8.90. The normalized spacial score (nSPS) is 13.0. The smallest absolute Gasteiger partial charge is 0.251 e. The molecule has 1 aliphatic heterocycles. The Balaban J connectivity index is 1.28. The highest BCUT2D eigenvalue weighted by atomic mass is 19.1. The topological polar surface area (TPSA) is 67.2 Å². The molecule has 2 amide bonds. The fraction of sp³-hybridized carbons (Fsp3) is 0.261. The van der Waals surface area contributed by atoms with Crippen LogP contribution in [0.4, 0.5) is 4.39 Å². The van der Waals surface area contributed by atoms with Crippen LogP contribution in [0, 0.1) is 5.82 Å². The molecular formula is C23H23FN4O2. The first kappa shape index (κ1) is 19.8. The average molecular weight is 406 g/mol. The number of nitrogens with one attached hydrogen (secondary N) is 1. The Bertz CT molecular complexity index is 1030. The van der Waals surface area contributed by atoms with Crippen LogP contribution in [-0.2, 0) is 17.8 Å². The molecule has 30 heavy (non-hydrogen) atoms. The molecule has 0 atom stereocenters. The van der Waals surface area contributed by atoms with E-state index in [1.54, 1.807) is 30.6 Å². The lowest BCUT2D eigenvalue weighted by atomic mass is 10.1. The number of benzene rings is 2. The van der Waals surface area contributed by atoms with Crippen molar-refractivity contribution in [2.45, 2.75) is 25.8 Å². The number of imidazole rings is 1. The molecule has 4 rings (SSSR count). The van der Waals surface area contributed by atoms with Crippen LogP contribution in [0.3, 0.4) is 0 Å². The van der Waals surface area contributed by atoms with E-state index >= 15 is 0 Å². The molecule has 154 valence electrons. The van der Waals surface area contributed by atoms with E-state index in [0.717, 1.165) is 17.1 Å². The molecule has 0 fully saturated rings. The maximum Gasteiger partial charge on any atom is 0.251 e. The van der Waals surface area contributed by atoms with Crippen LogP contribution in [-0.4, -0.2) is 39.4 Å². The molecule has 0 unspecified atom stereocenters. The first-order valence-corrected chi connectivity index (χ1v) is 10.0. The van der Waals surface area contributed by atoms with Crippen molar-refractivity contribution in [1.82, 2.24) is 19.8 Å². The summed E-state index contributed by atoms with van der Waals surface area (Å²) in [6, 6.07) is 15.3. The molecule has 0 saturated carbocycles. The zero-order valence-electron chi connectivity index (χ0n) is 16.6. The summed E-state index contributed by atoms with van der Waals surface area (Å²) < 4.78 is 15.1. The third-order valence-electron chi connectivity index (χ3n) is 5.26. The maximum absolute atomic E-state index is 13.2. The lowest BCUT2D eigenvalue weighted by molar-refractivity contribution is -0.132. The van der Waals surface area contributed by atoms with Crippen LogP contribution < -0.4 is 5.32 Å². The van der Waals surface area contributed by atoms with Gasteiger partial charge in [0, 0.05) is 42.9 Å². The zero-order chi connectivity index (χ0) is 20.9. The molecule has 3 aromatic rings. The van der Waals surface area contributed by atoms with Gasteiger partial charge < -0.3 is 14.8 Å². The van der Waals surface area contributed by atoms with Gasteiger partial charge in [0.2, 0.25) is 5.91 Å². The summed E-state index contributed by atoms with van der Waals surface area (Å²) >= 11 is 0. The first-order valence-electron chi connectivity index (χ1n) is 10.0. The van der Waals surface area contributed by atoms with Crippen molar-refractivity contribution in [1.29, 1.82) is 0 Å². The van der Waals surface area contributed by atoms with Gasteiger partial charge in [-0.2, -0.15) is 0 Å². The number of rotatable bonds is 6. The van der Waals surface area contributed by atoms with Crippen LogP contribution in [0.5, 0.6) is 0 Å². The Morgan fingerprint density at radius 3 is 2.60 bits per heavy atom. The largest absolute Gasteiger partial charge is 0.352 e. The Kier molecular flexibility index (Phi) is 5.88. The third kappa shape index (κ3) is 4.40. The minimum absolute atomic E-state index is 0.0611. The van der Waals surface area contributed by atoms with Crippen molar-refractivity contribution < 1.29 is 14.0 Å². The number of amides is 2. The third-order valence-corrected chi connectivity index (χ3v) is 5.26. The number of hydrogen-bond donors (Lipinski definition) is 1. The monoisotopic (exact) mass is 406 g/mol. The first-order chi connectivity index (χ1) is 14.6. The minimum Gasteiger partial charge on any atom is -0.352 e. The number of aromatic nitrogens is 2. The highest BCUT2D eigenvalue weighted by Gasteiger charge is 2.24. The summed E-state index contributed by atoms with van der Waals surface area (Å²) in [5.74, 6) is -0.340. The Morgan fingerprint density at radius 1 is 1.07 bits per heavy atom. The van der Waals surface area contributed by atoms with E-state index < -0.39 is 0 Å². The number of carbonyl (C=O) groups excluding carboxylic acids is 2. The molecule has 0 bridgehead atoms. The van der Waals surface area contributed by atoms with E-state index in [-0.39, 0.29) is 17.6 Å². The van der Waals surface area contributed by atoms with Gasteiger partial charge in [-0.25, -0.2) is 9.37 Å². The van der Waals surface area contributed by atoms with Crippen molar-refractivity contribution >= 4 is 11.8 Å². The van der Waals surface area contributed by atoms with Crippen LogP contribution in [0.1, 0.15) is 34.6 Å². The van der Waals surface area contributed by atoms with E-state index in [1.165, 1.54) is 12.1 Å². The highest BCUT2D eigenvalue weighted by Crippen LogP contribution is 2.22. The van der Waals surface area contributed by atoms with Crippen LogP contribution in [0.25, 0.3) is 5.69 Å². The molecule has 0 aliphatic carbocycles. The minimum atomic E-state index is -0.274. The molecule has 0 saturated heterocycles. The van der Waals surface area contributed by atoms with Crippen molar-refractivity contribution in [3.63, 3.8) is 0 Å². The SMILES string of the molecule is O=C(NCCCC(=O)N1CCc2c(ncn2-c2ccc(F)cc2)C1)c1ccccc1. The molecule has 1 N–H and O–H groups in total. The van der Waals surface area contributed by atoms with Gasteiger partial charge in [0.1, 0.15) is 5.82 Å². The van der Waals surface area contributed by atoms with Crippen molar-refractivity contribution in [2.75, 3.05) is 13.1 Å². The predicted molar refractivity (Wildman–Crippen MR) is 111 cm³/mol. The molecule has 7 heteroatoms. The number of fused-ring (bicyclic) bond motifs is 1. The molecule has 2 aromatic carbocycles. The zero-order valence-corrected chi connectivity index (χ0v) is 16.6. The van der Waals surface area contributed by atoms with Crippen LogP contribution >= 0.6 is 0 Å². The standard InChI is InChI=1S/C23H23FN4O2/c24-18-8-10-19(11-9-18)28-16-26-20-15-27(14-12-21(20)28)22(29)7-4-13-25-23(30)17-5-2-1-3-6-17/h1-3,5-6,8-11,16H,4,7,12-15H2,(H,25,30). The number of hydrogen-bond acceptors (Lipinski definition) is 3. The summed E-state index contributed by atoms with van der Waals surface area (Å²) in [7, 11) is 0. The quantitative estimate of drug-likeness (QED) is 0.640. The van der Waals surface area contributed by atoms with Gasteiger partial charge in [-0.1, -0.05) is 18.2 Å². The van der Waals surface area contributed by atoms with E-state index in [0.29, 0.717) is 44.5 Å². The van der Waals surface area contributed by atoms with Crippen molar-refractivity contribution in [3.05, 3.63) is 83.7 Å². The second-order valence-corrected chi connectivity index (χ2v) is 7.28. The second-order valence-electron chi connectivity index (χ2n) is 7.28. The molecular weight excluding hydrogens is 383 g/mol. The van der Waals surface area contributed by atoms with Gasteiger partial charge in [0.15, 0.2) is 0 Å². The molecule has 0 radical (unpaired) electrons. The molecule has 1 aliphatic rings. The van der Waals surface area contributed by atoms with Crippen molar-refractivity contribution in [2.24, 2.45) is 0 Å². The highest BCUT2D eigenvalue weighted by molar-refractivity contribution is 5.94. The van der Waals surface area contributed by atoms with Gasteiger partial charge in [0.05, 0.1) is 18.6 Å². The van der Waals surface area contributed by atoms with E-state index in [2.05, 4.69) is 10.3 Å². The lowest BCUT2D eigenvalue weighted by Crippen LogP contribution is -2.36. The summed E-state index contributed by atoms with van der Waals surface area (Å²) in [5.41, 5.74) is 3.40. The van der Waals surface area contributed by atoms with Gasteiger partial charge in [0.25, 0.3) is 5.91 Å². The fourth-order valence-corrected chi connectivity index (χ4v) is 3.64. The number of halogens is 1. The number of carbonyl (C=O) groups is 2. The van der Waals surface area contributed by atoms with Crippen LogP contribution in [0.15, 0.2) is 60.9 Å². The molecule has 0 spiro atoms. The van der Waals surface area contributed by atoms with Crippen molar-refractivity contribution in [3.8, 4) is 5.69 Å². The Morgan fingerprint density at radius 2 is 1.83 bits per heavy atom. The van der Waals surface area contributed by atoms with E-state index in [1.807, 2.05) is 27.7 Å². The molecule has 6 nitrogen and oxygen atoms in total. The number of nitrogens with zero attached hydrogens (tertiary/aromatic N) is 3. The molecule has 1 aromatic heterocycles. The average Bonchev–Trinajstić information content (AvgIpc) is 3.21. The van der Waals surface area contributed by atoms with Crippen LogP contribution in [0.2, 0.25) is 0 Å². The Labute approximate surface area is 174 Å². The maximum atomic E-state index is 13.2. The summed E-state index contributed by atoms with van der Waals surface area (Å²) in [6.07, 6.45) is 3.39. The summed E-state index contributed by atoms with van der Waals surface area (Å²) in [4.78, 5) is 30.9. The van der Waals surface area contributed by atoms with E-state index in [9.17, 15) is 14.0 Å². The predicted octanol–water partition coefficient (Wildman–Crippen LogP) is 3.11. The van der Waals surface area contributed by atoms with Gasteiger partial charge in [-0.15, -0.1) is 0 Å². The summed E-state index contributed by atoms with van der Waals surface area (Å²) in [6.45, 7) is 1.55. The molecule has 2 heterocycles. The van der Waals surface area contributed by atoms with E-state index in [4.69, 9.17) is 0 Å².